The van der Waals surface area contributed by atoms with Crippen molar-refractivity contribution in [1.29, 1.82) is 5.26 Å². The van der Waals surface area contributed by atoms with Gasteiger partial charge >= 0.3 is 0 Å². The zero-order chi connectivity index (χ0) is 16.1. The number of hydrogen-bond acceptors (Lipinski definition) is 6. The lowest BCUT2D eigenvalue weighted by molar-refractivity contribution is 0.396. The Bertz CT molecular complexity index is 750. The van der Waals surface area contributed by atoms with Crippen LogP contribution in [0.2, 0.25) is 5.02 Å². The predicted molar refractivity (Wildman–Crippen MR) is 88.6 cm³/mol. The molecule has 0 atom stereocenters. The Morgan fingerprint density at radius 3 is 2.64 bits per heavy atom. The fourth-order valence-corrected chi connectivity index (χ4v) is 2.75. The van der Waals surface area contributed by atoms with Crippen LogP contribution in [0, 0.1) is 18.3 Å². The Balaban J connectivity index is 2.32. The van der Waals surface area contributed by atoms with Crippen LogP contribution in [0.3, 0.4) is 0 Å². The van der Waals surface area contributed by atoms with Crippen LogP contribution in [0.4, 0.5) is 5.69 Å². The number of nitrogens with zero attached hydrogens (tertiary/aromatic N) is 2. The number of aryl methyl sites for hydroxylation is 1. The summed E-state index contributed by atoms with van der Waals surface area (Å²) in [6, 6.07) is 5.48. The van der Waals surface area contributed by atoms with Crippen LogP contribution in [0.25, 0.3) is 5.57 Å². The van der Waals surface area contributed by atoms with Crippen LogP contribution in [-0.2, 0) is 0 Å². The maximum atomic E-state index is 9.26. The van der Waals surface area contributed by atoms with E-state index in [0.29, 0.717) is 32.8 Å². The highest BCUT2D eigenvalue weighted by Crippen LogP contribution is 2.36. The molecule has 0 amide bonds. The molecule has 1 heterocycles. The fourth-order valence-electron chi connectivity index (χ4n) is 1.74. The van der Waals surface area contributed by atoms with Crippen molar-refractivity contribution in [2.24, 2.45) is 0 Å². The van der Waals surface area contributed by atoms with Gasteiger partial charge in [0.1, 0.15) is 28.1 Å². The number of hydrogen-bond donors (Lipinski definition) is 1. The summed E-state index contributed by atoms with van der Waals surface area (Å²) in [7, 11) is 3.08. The molecule has 0 saturated carbocycles. The van der Waals surface area contributed by atoms with Crippen LogP contribution >= 0.6 is 22.9 Å². The summed E-state index contributed by atoms with van der Waals surface area (Å²) < 4.78 is 10.4. The molecule has 0 aliphatic rings. The number of halogens is 1. The first-order chi connectivity index (χ1) is 10.6. The molecular formula is C15H14ClN3O2S. The Labute approximate surface area is 137 Å². The fraction of sp³-hybridized carbons (Fsp3) is 0.200. The van der Waals surface area contributed by atoms with Gasteiger partial charge in [-0.25, -0.2) is 4.98 Å². The summed E-state index contributed by atoms with van der Waals surface area (Å²) in [4.78, 5) is 4.29. The molecule has 1 aromatic carbocycles. The molecule has 1 N–H and O–H groups in total. The van der Waals surface area contributed by atoms with Gasteiger partial charge in [0.25, 0.3) is 0 Å². The average molecular weight is 336 g/mol. The predicted octanol–water partition coefficient (Wildman–Crippen LogP) is 4.10. The summed E-state index contributed by atoms with van der Waals surface area (Å²) in [5.41, 5.74) is 1.95. The summed E-state index contributed by atoms with van der Waals surface area (Å²) in [6.45, 7) is 1.88. The highest BCUT2D eigenvalue weighted by molar-refractivity contribution is 7.10. The molecule has 0 saturated heterocycles. The Hall–Kier alpha value is -2.23. The minimum absolute atomic E-state index is 0.437. The number of nitrogens with one attached hydrogen (secondary N) is 1. The minimum atomic E-state index is 0.437. The van der Waals surface area contributed by atoms with Crippen LogP contribution in [0.1, 0.15) is 10.7 Å². The molecule has 0 spiro atoms. The monoisotopic (exact) mass is 335 g/mol. The average Bonchev–Trinajstić information content (AvgIpc) is 2.94. The molecule has 1 aromatic heterocycles. The molecule has 2 rings (SSSR count). The van der Waals surface area contributed by atoms with Gasteiger partial charge in [0.2, 0.25) is 0 Å². The van der Waals surface area contributed by atoms with E-state index in [9.17, 15) is 5.26 Å². The molecule has 7 heteroatoms. The van der Waals surface area contributed by atoms with Gasteiger partial charge in [0.15, 0.2) is 0 Å². The van der Waals surface area contributed by atoms with Gasteiger partial charge in [0.05, 0.1) is 24.9 Å². The van der Waals surface area contributed by atoms with E-state index in [1.54, 1.807) is 25.4 Å². The van der Waals surface area contributed by atoms with Crippen molar-refractivity contribution < 1.29 is 9.47 Å². The molecule has 2 aromatic rings. The third-order valence-corrected chi connectivity index (χ3v) is 4.10. The van der Waals surface area contributed by atoms with Gasteiger partial charge in [-0.05, 0) is 13.0 Å². The van der Waals surface area contributed by atoms with E-state index in [-0.39, 0.29) is 0 Å². The molecular weight excluding hydrogens is 322 g/mol. The summed E-state index contributed by atoms with van der Waals surface area (Å²) in [6.07, 6.45) is 1.58. The van der Waals surface area contributed by atoms with Crippen molar-refractivity contribution in [2.45, 2.75) is 6.92 Å². The summed E-state index contributed by atoms with van der Waals surface area (Å²) in [5.74, 6) is 1.08. The maximum Gasteiger partial charge on any atom is 0.146 e. The molecule has 22 heavy (non-hydrogen) atoms. The number of aromatic nitrogens is 1. The number of allylic oxidation sites excluding steroid dienone is 1. The molecule has 0 unspecified atom stereocenters. The number of anilines is 1. The molecule has 0 aliphatic carbocycles. The lowest BCUT2D eigenvalue weighted by atomic mass is 10.2. The maximum absolute atomic E-state index is 9.26. The zero-order valence-electron chi connectivity index (χ0n) is 12.3. The normalized spacial score (nSPS) is 11.0. The summed E-state index contributed by atoms with van der Waals surface area (Å²) in [5, 5.41) is 15.3. The van der Waals surface area contributed by atoms with Crippen LogP contribution in [0.15, 0.2) is 23.7 Å². The second kappa shape index (κ2) is 7.16. The first kappa shape index (κ1) is 16.1. The van der Waals surface area contributed by atoms with Gasteiger partial charge < -0.3 is 14.8 Å². The van der Waals surface area contributed by atoms with E-state index in [2.05, 4.69) is 16.4 Å². The van der Waals surface area contributed by atoms with E-state index in [0.717, 1.165) is 5.69 Å². The lowest BCUT2D eigenvalue weighted by Gasteiger charge is -2.12. The Morgan fingerprint density at radius 2 is 2.09 bits per heavy atom. The van der Waals surface area contributed by atoms with Crippen LogP contribution in [0.5, 0.6) is 11.5 Å². The highest BCUT2D eigenvalue weighted by Gasteiger charge is 2.10. The Kier molecular flexibility index (Phi) is 5.26. The SMILES string of the molecule is COc1cc(OC)c(N/C=C(\C#N)c2nc(C)cs2)cc1Cl. The molecule has 114 valence electrons. The number of methoxy groups -OCH3 is 2. The van der Waals surface area contributed by atoms with Gasteiger partial charge in [-0.2, -0.15) is 5.26 Å². The van der Waals surface area contributed by atoms with Crippen molar-refractivity contribution in [3.05, 3.63) is 39.4 Å². The topological polar surface area (TPSA) is 67.2 Å². The quantitative estimate of drug-likeness (QED) is 0.833. The molecule has 5 nitrogen and oxygen atoms in total. The van der Waals surface area contributed by atoms with Crippen molar-refractivity contribution in [3.63, 3.8) is 0 Å². The second-order valence-corrected chi connectivity index (χ2v) is 5.56. The van der Waals surface area contributed by atoms with Crippen LogP contribution in [-0.4, -0.2) is 19.2 Å². The largest absolute Gasteiger partial charge is 0.495 e. The number of rotatable bonds is 5. The zero-order valence-corrected chi connectivity index (χ0v) is 13.9. The first-order valence-corrected chi connectivity index (χ1v) is 7.55. The van der Waals surface area contributed by atoms with E-state index in [1.165, 1.54) is 18.4 Å². The molecule has 0 fully saturated rings. The van der Waals surface area contributed by atoms with Crippen molar-refractivity contribution >= 4 is 34.2 Å². The van der Waals surface area contributed by atoms with Gasteiger partial charge in [-0.3, -0.25) is 0 Å². The second-order valence-electron chi connectivity index (χ2n) is 4.30. The Morgan fingerprint density at radius 1 is 1.36 bits per heavy atom. The van der Waals surface area contributed by atoms with Gasteiger partial charge in [-0.15, -0.1) is 11.3 Å². The number of thiazole rings is 1. The number of nitriles is 1. The third-order valence-electron chi connectivity index (χ3n) is 2.82. The van der Waals surface area contributed by atoms with E-state index >= 15 is 0 Å². The smallest absolute Gasteiger partial charge is 0.146 e. The lowest BCUT2D eigenvalue weighted by Crippen LogP contribution is -1.96. The molecule has 0 aliphatic heterocycles. The highest BCUT2D eigenvalue weighted by atomic mass is 35.5. The van der Waals surface area contributed by atoms with Crippen molar-refractivity contribution in [1.82, 2.24) is 4.98 Å². The van der Waals surface area contributed by atoms with Crippen LogP contribution < -0.4 is 14.8 Å². The number of ether oxygens (including phenoxy) is 2. The van der Waals surface area contributed by atoms with E-state index in [1.807, 2.05) is 12.3 Å². The third kappa shape index (κ3) is 3.50. The number of benzene rings is 1. The van der Waals surface area contributed by atoms with E-state index in [4.69, 9.17) is 21.1 Å². The summed E-state index contributed by atoms with van der Waals surface area (Å²) >= 11 is 7.53. The van der Waals surface area contributed by atoms with Gasteiger partial charge in [0, 0.05) is 23.3 Å². The molecule has 0 bridgehead atoms. The van der Waals surface area contributed by atoms with Gasteiger partial charge in [-0.1, -0.05) is 11.6 Å². The molecule has 0 radical (unpaired) electrons. The van der Waals surface area contributed by atoms with Crippen molar-refractivity contribution in [3.8, 4) is 17.6 Å². The van der Waals surface area contributed by atoms with E-state index < -0.39 is 0 Å². The van der Waals surface area contributed by atoms with Crippen molar-refractivity contribution in [2.75, 3.05) is 19.5 Å². The minimum Gasteiger partial charge on any atom is -0.495 e. The standard InChI is InChI=1S/C15H14ClN3O2S/c1-9-8-22-15(19-9)10(6-17)7-18-12-4-11(16)13(20-2)5-14(12)21-3/h4-5,7-8,18H,1-3H3/b10-7+. The first-order valence-electron chi connectivity index (χ1n) is 6.30.